The Labute approximate surface area is 449 Å². The number of nitrogens with zero attached hydrogens (tertiary/aromatic N) is 3. The van der Waals surface area contributed by atoms with Gasteiger partial charge in [0.25, 0.3) is 21.9 Å². The number of allylic oxidation sites excluding steroid dienone is 8. The summed E-state index contributed by atoms with van der Waals surface area (Å²) in [6.07, 6.45) is 13.5. The summed E-state index contributed by atoms with van der Waals surface area (Å²) in [7, 11) is -7.61. The molecule has 3 aromatic carbocycles. The van der Waals surface area contributed by atoms with E-state index in [1.54, 1.807) is 19.3 Å². The van der Waals surface area contributed by atoms with Crippen LogP contribution >= 0.6 is 0 Å². The fraction of sp³-hybridized carbons (Fsp3) is 0.396. The maximum atomic E-state index is 12.9. The Kier molecular flexibility index (Phi) is 19.2. The molecule has 1 unspecified atom stereocenters. The number of carbonyl (C=O) groups excluding carboxylic acids is 3. The van der Waals surface area contributed by atoms with Crippen LogP contribution in [-0.2, 0) is 59.1 Å². The van der Waals surface area contributed by atoms with Crippen molar-refractivity contribution in [3.8, 4) is 5.75 Å². The molecule has 2 amide bonds. The number of benzene rings is 3. The van der Waals surface area contributed by atoms with Crippen LogP contribution < -0.4 is 39.2 Å². The van der Waals surface area contributed by atoms with Crippen molar-refractivity contribution < 1.29 is 98.2 Å². The molecule has 0 aliphatic carbocycles. The Morgan fingerprint density at radius 2 is 1.59 bits per heavy atom. The van der Waals surface area contributed by atoms with Crippen molar-refractivity contribution in [1.82, 2.24) is 5.06 Å². The number of hydrogen-bond acceptors (Lipinski definition) is 14. The average molecular weight is 1050 g/mol. The number of anilines is 1. The molecule has 4 heterocycles. The standard InChI is InChI=1S/C53H61N3O14S2.Na/c1-37-36-52(2,3)55(25-26-67-29-30-68-28-27-66-5)45-35-47-42(34-41(37)45)39(32-46(69-47)38-14-8-6-9-15-38)16-10-7-11-17-48-53(4,23-12-18-51(59)70-56-49(57)21-22-50(56)58)43-33-40(72(63,64)65)19-20-44(43)54(48)24-13-31-71(60,61)62;/h6-11,14-17,19-20,32-36H,12-13,18,21-31H2,1-5H3,(H-,60,61,62,63,64,65);/q;+1. The van der Waals surface area contributed by atoms with Gasteiger partial charge in [0.05, 0.1) is 54.6 Å². The van der Waals surface area contributed by atoms with E-state index < -0.39 is 54.1 Å². The largest absolute Gasteiger partial charge is 1.00 e. The average Bonchev–Trinajstić information content (AvgIpc) is 3.76. The fourth-order valence-corrected chi connectivity index (χ4v) is 10.5. The van der Waals surface area contributed by atoms with E-state index in [1.165, 1.54) is 18.2 Å². The summed E-state index contributed by atoms with van der Waals surface area (Å²) in [4.78, 5) is 44.1. The van der Waals surface area contributed by atoms with E-state index >= 15 is 0 Å². The Morgan fingerprint density at radius 1 is 0.890 bits per heavy atom. The normalized spacial score (nSPS) is 19.0. The van der Waals surface area contributed by atoms with Gasteiger partial charge in [-0.1, -0.05) is 60.7 Å². The van der Waals surface area contributed by atoms with Gasteiger partial charge in [-0.3, -0.25) is 14.1 Å². The van der Waals surface area contributed by atoms with Gasteiger partial charge < -0.3 is 33.2 Å². The molecule has 0 spiro atoms. The number of fused-ring (bicyclic) bond motifs is 3. The van der Waals surface area contributed by atoms with Gasteiger partial charge in [0, 0.05) is 85.5 Å². The predicted molar refractivity (Wildman–Crippen MR) is 270 cm³/mol. The molecule has 0 aromatic heterocycles. The third-order valence-corrected chi connectivity index (χ3v) is 14.6. The molecule has 1 N–H and O–H groups in total. The summed E-state index contributed by atoms with van der Waals surface area (Å²) in [5.74, 6) is -1.28. The van der Waals surface area contributed by atoms with Gasteiger partial charge in [-0.05, 0) is 76.0 Å². The molecule has 0 radical (unpaired) electrons. The van der Waals surface area contributed by atoms with Gasteiger partial charge in [0.2, 0.25) is 5.69 Å². The monoisotopic (exact) mass is 1050 g/mol. The molecular weight excluding hydrogens is 990 g/mol. The number of rotatable bonds is 23. The van der Waals surface area contributed by atoms with Crippen molar-refractivity contribution in [2.24, 2.45) is 0 Å². The topological polar surface area (TPSA) is 218 Å². The quantitative estimate of drug-likeness (QED) is 0.0349. The smallest absolute Gasteiger partial charge is 0.744 e. The second-order valence-corrected chi connectivity index (χ2v) is 21.6. The number of hydroxylamine groups is 2. The van der Waals surface area contributed by atoms with Gasteiger partial charge in [-0.15, -0.1) is 5.06 Å². The molecule has 73 heavy (non-hydrogen) atoms. The van der Waals surface area contributed by atoms with Gasteiger partial charge in [0.1, 0.15) is 28.2 Å². The van der Waals surface area contributed by atoms with Crippen LogP contribution in [0, 0.1) is 0 Å². The van der Waals surface area contributed by atoms with Crippen LogP contribution in [-0.4, -0.2) is 124 Å². The molecular formula is C53H61N3NaO14S2+. The summed E-state index contributed by atoms with van der Waals surface area (Å²) >= 11 is 0. The maximum absolute atomic E-state index is 12.9. The van der Waals surface area contributed by atoms with Crippen LogP contribution in [0.1, 0.15) is 88.5 Å². The van der Waals surface area contributed by atoms with Crippen LogP contribution in [0.4, 0.5) is 11.4 Å². The van der Waals surface area contributed by atoms with E-state index in [9.17, 15) is 40.3 Å². The third-order valence-electron chi connectivity index (χ3n) is 13.0. The molecule has 17 nitrogen and oxygen atoms in total. The first-order valence-electron chi connectivity index (χ1n) is 23.8. The molecule has 20 heteroatoms. The molecule has 4 aliphatic rings. The van der Waals surface area contributed by atoms with Crippen molar-refractivity contribution in [1.29, 1.82) is 0 Å². The summed E-state index contributed by atoms with van der Waals surface area (Å²) in [6, 6.07) is 18.0. The first-order valence-corrected chi connectivity index (χ1v) is 26.8. The zero-order valence-corrected chi connectivity index (χ0v) is 45.8. The van der Waals surface area contributed by atoms with E-state index in [0.717, 1.165) is 33.5 Å². The van der Waals surface area contributed by atoms with E-state index in [-0.39, 0.29) is 80.2 Å². The van der Waals surface area contributed by atoms with Crippen LogP contribution in [0.5, 0.6) is 5.75 Å². The van der Waals surface area contributed by atoms with Crippen LogP contribution in [0.2, 0.25) is 0 Å². The van der Waals surface area contributed by atoms with E-state index in [1.807, 2.05) is 66.1 Å². The number of ether oxygens (including phenoxy) is 4. The number of carbonyl (C=O) groups is 3. The minimum Gasteiger partial charge on any atom is -0.744 e. The van der Waals surface area contributed by atoms with Crippen LogP contribution in [0.15, 0.2) is 108 Å². The molecule has 0 saturated carbocycles. The van der Waals surface area contributed by atoms with E-state index in [0.29, 0.717) is 73.1 Å². The minimum atomic E-state index is -4.91. The Morgan fingerprint density at radius 3 is 2.27 bits per heavy atom. The number of amides is 2. The second kappa shape index (κ2) is 24.5. The first kappa shape index (κ1) is 57.2. The molecule has 384 valence electrons. The SMILES string of the molecule is COCCOCCOCCN1c2cc3c(cc2C(C)=CC1(C)C)C(=CC=CC=CC1=[N+](CCCS(=O)(=O)O)c2ccc(S(=O)(=O)[O-])cc2C1(C)CCCC(=O)ON1C(=O)CCC1=O)C=C(c1ccccc1)O3.[Na+]. The van der Waals surface area contributed by atoms with Gasteiger partial charge in [-0.25, -0.2) is 13.2 Å². The van der Waals surface area contributed by atoms with Crippen molar-refractivity contribution in [3.05, 3.63) is 125 Å². The predicted octanol–water partition coefficient (Wildman–Crippen LogP) is 4.32. The molecule has 3 aromatic rings. The summed E-state index contributed by atoms with van der Waals surface area (Å²) in [5, 5.41) is 0.472. The summed E-state index contributed by atoms with van der Waals surface area (Å²) < 4.78 is 95.4. The number of methoxy groups -OCH3 is 1. The zero-order valence-electron chi connectivity index (χ0n) is 42.1. The Bertz CT molecular complexity index is 2980. The Hall–Kier alpha value is -5.06. The zero-order chi connectivity index (χ0) is 51.8. The number of hydrogen-bond donors (Lipinski definition) is 1. The molecule has 0 bridgehead atoms. The van der Waals surface area contributed by atoms with Crippen molar-refractivity contribution in [2.75, 3.05) is 63.9 Å². The van der Waals surface area contributed by atoms with Crippen LogP contribution in [0.3, 0.4) is 0 Å². The molecule has 7 rings (SSSR count). The molecule has 1 fully saturated rings. The van der Waals surface area contributed by atoms with Crippen molar-refractivity contribution in [2.45, 2.75) is 82.1 Å². The van der Waals surface area contributed by atoms with Gasteiger partial charge in [0.15, 0.2) is 5.71 Å². The second-order valence-electron chi connectivity index (χ2n) is 18.6. The van der Waals surface area contributed by atoms with E-state index in [4.69, 9.17) is 23.8 Å². The minimum absolute atomic E-state index is 0. The number of imide groups is 1. The third kappa shape index (κ3) is 14.0. The van der Waals surface area contributed by atoms with Crippen molar-refractivity contribution in [3.63, 3.8) is 0 Å². The van der Waals surface area contributed by atoms with Gasteiger partial charge >= 0.3 is 35.5 Å². The summed E-state index contributed by atoms with van der Waals surface area (Å²) in [5.41, 5.74) is 5.95. The summed E-state index contributed by atoms with van der Waals surface area (Å²) in [6.45, 7) is 11.4. The molecule has 4 aliphatic heterocycles. The first-order chi connectivity index (χ1) is 34.2. The molecule has 1 atom stereocenters. The van der Waals surface area contributed by atoms with E-state index in [2.05, 4.69) is 43.9 Å². The molecule has 1 saturated heterocycles. The fourth-order valence-electron chi connectivity index (χ4n) is 9.55. The maximum Gasteiger partial charge on any atom is 1.00 e. The van der Waals surface area contributed by atoms with Crippen LogP contribution in [0.25, 0.3) is 16.9 Å². The van der Waals surface area contributed by atoms with Gasteiger partial charge in [-0.2, -0.15) is 13.0 Å². The van der Waals surface area contributed by atoms with Crippen molar-refractivity contribution >= 4 is 72.0 Å². The Balaban J connectivity index is 0.00000869.